The van der Waals surface area contributed by atoms with E-state index >= 15 is 0 Å². The van der Waals surface area contributed by atoms with Crippen LogP contribution >= 0.6 is 0 Å². The Morgan fingerprint density at radius 3 is 1.65 bits per heavy atom. The standard InChI is InChI=1S/C23H22/c1-15-6-5-7-18(12-15)23(4)21-13-16(2)8-10-19(21)20-11-9-17(3)14-22(20)23/h5-14H,1-4H3. The van der Waals surface area contributed by atoms with Gasteiger partial charge in [-0.25, -0.2) is 0 Å². The van der Waals surface area contributed by atoms with E-state index in [1.165, 1.54) is 44.5 Å². The first kappa shape index (κ1) is 14.3. The first-order chi connectivity index (χ1) is 11.0. The Bertz CT molecular complexity index is 864. The fourth-order valence-electron chi connectivity index (χ4n) is 4.03. The highest BCUT2D eigenvalue weighted by Gasteiger charge is 2.40. The van der Waals surface area contributed by atoms with Gasteiger partial charge in [0.2, 0.25) is 0 Å². The second-order valence-electron chi connectivity index (χ2n) is 7.09. The molecule has 0 heterocycles. The number of hydrogen-bond donors (Lipinski definition) is 0. The van der Waals surface area contributed by atoms with Gasteiger partial charge in [-0.2, -0.15) is 0 Å². The van der Waals surface area contributed by atoms with Gasteiger partial charge in [0.15, 0.2) is 0 Å². The van der Waals surface area contributed by atoms with Gasteiger partial charge in [-0.1, -0.05) is 77.4 Å². The Labute approximate surface area is 138 Å². The maximum atomic E-state index is 2.38. The number of hydrogen-bond acceptors (Lipinski definition) is 0. The van der Waals surface area contributed by atoms with Crippen LogP contribution in [0.5, 0.6) is 0 Å². The molecule has 114 valence electrons. The average Bonchev–Trinajstić information content (AvgIpc) is 2.77. The van der Waals surface area contributed by atoms with E-state index in [9.17, 15) is 0 Å². The maximum absolute atomic E-state index is 2.38. The van der Waals surface area contributed by atoms with Crippen LogP contribution < -0.4 is 0 Å². The molecule has 1 aliphatic rings. The molecule has 0 fully saturated rings. The van der Waals surface area contributed by atoms with Gasteiger partial charge >= 0.3 is 0 Å². The van der Waals surface area contributed by atoms with Crippen molar-refractivity contribution in [1.29, 1.82) is 0 Å². The van der Waals surface area contributed by atoms with Gasteiger partial charge < -0.3 is 0 Å². The van der Waals surface area contributed by atoms with Gasteiger partial charge in [0.1, 0.15) is 0 Å². The van der Waals surface area contributed by atoms with Crippen molar-refractivity contribution < 1.29 is 0 Å². The lowest BCUT2D eigenvalue weighted by atomic mass is 9.73. The van der Waals surface area contributed by atoms with E-state index < -0.39 is 0 Å². The van der Waals surface area contributed by atoms with Gasteiger partial charge in [0.05, 0.1) is 0 Å². The van der Waals surface area contributed by atoms with Crippen molar-refractivity contribution in [2.75, 3.05) is 0 Å². The van der Waals surface area contributed by atoms with E-state index in [1.54, 1.807) is 0 Å². The molecule has 1 aliphatic carbocycles. The number of rotatable bonds is 1. The molecule has 0 aromatic heterocycles. The molecule has 0 aliphatic heterocycles. The summed E-state index contributed by atoms with van der Waals surface area (Å²) in [5, 5.41) is 0. The predicted molar refractivity (Wildman–Crippen MR) is 98.1 cm³/mol. The molecule has 0 bridgehead atoms. The SMILES string of the molecule is Cc1cccc(C2(C)c3cc(C)ccc3-c3ccc(C)cc32)c1. The zero-order valence-corrected chi connectivity index (χ0v) is 14.3. The quantitative estimate of drug-likeness (QED) is 0.521. The van der Waals surface area contributed by atoms with Crippen LogP contribution in [0.4, 0.5) is 0 Å². The maximum Gasteiger partial charge on any atom is 0.0435 e. The summed E-state index contributed by atoms with van der Waals surface area (Å²) in [6, 6.07) is 22.7. The fourth-order valence-corrected chi connectivity index (χ4v) is 4.03. The minimum absolute atomic E-state index is 0.0747. The van der Waals surface area contributed by atoms with Crippen molar-refractivity contribution in [3.63, 3.8) is 0 Å². The second kappa shape index (κ2) is 4.83. The molecule has 0 N–H and O–H groups in total. The zero-order valence-electron chi connectivity index (χ0n) is 14.3. The summed E-state index contributed by atoms with van der Waals surface area (Å²) in [5.74, 6) is 0. The first-order valence-electron chi connectivity index (χ1n) is 8.30. The molecule has 0 heteroatoms. The van der Waals surface area contributed by atoms with E-state index in [2.05, 4.69) is 88.4 Å². The fraction of sp³-hybridized carbons (Fsp3) is 0.217. The molecule has 0 amide bonds. The molecular weight excluding hydrogens is 276 g/mol. The molecule has 0 saturated carbocycles. The van der Waals surface area contributed by atoms with Gasteiger partial charge in [0.25, 0.3) is 0 Å². The van der Waals surface area contributed by atoms with Crippen molar-refractivity contribution in [2.45, 2.75) is 33.1 Å². The molecular formula is C23H22. The summed E-state index contributed by atoms with van der Waals surface area (Å²) in [7, 11) is 0. The largest absolute Gasteiger partial charge is 0.0617 e. The highest BCUT2D eigenvalue weighted by Crippen LogP contribution is 2.52. The third-order valence-electron chi connectivity index (χ3n) is 5.31. The number of fused-ring (bicyclic) bond motifs is 3. The van der Waals surface area contributed by atoms with Gasteiger partial charge in [-0.05, 0) is 55.5 Å². The van der Waals surface area contributed by atoms with Crippen molar-refractivity contribution in [3.05, 3.63) is 94.0 Å². The van der Waals surface area contributed by atoms with Crippen LogP contribution in [-0.2, 0) is 5.41 Å². The average molecular weight is 298 g/mol. The van der Waals surface area contributed by atoms with E-state index in [1.807, 2.05) is 0 Å². The minimum Gasteiger partial charge on any atom is -0.0617 e. The summed E-state index contributed by atoms with van der Waals surface area (Å²) < 4.78 is 0. The lowest BCUT2D eigenvalue weighted by Crippen LogP contribution is -2.22. The molecule has 3 aromatic carbocycles. The summed E-state index contributed by atoms with van der Waals surface area (Å²) in [6.07, 6.45) is 0. The Kier molecular flexibility index (Phi) is 2.99. The third-order valence-corrected chi connectivity index (χ3v) is 5.31. The highest BCUT2D eigenvalue weighted by molar-refractivity contribution is 5.83. The molecule has 0 spiro atoms. The van der Waals surface area contributed by atoms with Crippen LogP contribution in [0.25, 0.3) is 11.1 Å². The first-order valence-corrected chi connectivity index (χ1v) is 8.30. The molecule has 23 heavy (non-hydrogen) atoms. The normalized spacial score (nSPS) is 14.4. The van der Waals surface area contributed by atoms with Crippen LogP contribution in [-0.4, -0.2) is 0 Å². The van der Waals surface area contributed by atoms with Crippen molar-refractivity contribution >= 4 is 0 Å². The Morgan fingerprint density at radius 2 is 1.13 bits per heavy atom. The van der Waals surface area contributed by atoms with Crippen LogP contribution in [0.1, 0.15) is 40.3 Å². The molecule has 0 saturated heterocycles. The van der Waals surface area contributed by atoms with Crippen molar-refractivity contribution in [3.8, 4) is 11.1 Å². The molecule has 0 radical (unpaired) electrons. The van der Waals surface area contributed by atoms with Crippen LogP contribution in [0.2, 0.25) is 0 Å². The summed E-state index contributed by atoms with van der Waals surface area (Å²) in [5.41, 5.74) is 10.9. The second-order valence-corrected chi connectivity index (χ2v) is 7.09. The Morgan fingerprint density at radius 1 is 0.609 bits per heavy atom. The third kappa shape index (κ3) is 1.98. The van der Waals surface area contributed by atoms with Crippen molar-refractivity contribution in [1.82, 2.24) is 0 Å². The van der Waals surface area contributed by atoms with E-state index in [0.29, 0.717) is 0 Å². The Hall–Kier alpha value is -2.34. The van der Waals surface area contributed by atoms with Crippen LogP contribution in [0.15, 0.2) is 60.7 Å². The van der Waals surface area contributed by atoms with E-state index in [0.717, 1.165) is 0 Å². The lowest BCUT2D eigenvalue weighted by Gasteiger charge is -2.29. The monoisotopic (exact) mass is 298 g/mol. The molecule has 4 rings (SSSR count). The lowest BCUT2D eigenvalue weighted by molar-refractivity contribution is 0.711. The smallest absolute Gasteiger partial charge is 0.0435 e. The number of benzene rings is 3. The molecule has 0 atom stereocenters. The van der Waals surface area contributed by atoms with E-state index in [4.69, 9.17) is 0 Å². The Balaban J connectivity index is 2.10. The topological polar surface area (TPSA) is 0 Å². The minimum atomic E-state index is -0.0747. The molecule has 0 unspecified atom stereocenters. The summed E-state index contributed by atoms with van der Waals surface area (Å²) >= 11 is 0. The van der Waals surface area contributed by atoms with Gasteiger partial charge in [-0.15, -0.1) is 0 Å². The van der Waals surface area contributed by atoms with Crippen molar-refractivity contribution in [2.24, 2.45) is 0 Å². The summed E-state index contributed by atoms with van der Waals surface area (Å²) in [4.78, 5) is 0. The number of aryl methyl sites for hydroxylation is 3. The van der Waals surface area contributed by atoms with Crippen LogP contribution in [0, 0.1) is 20.8 Å². The molecule has 0 nitrogen and oxygen atoms in total. The van der Waals surface area contributed by atoms with Gasteiger partial charge in [0, 0.05) is 5.41 Å². The van der Waals surface area contributed by atoms with Crippen LogP contribution in [0.3, 0.4) is 0 Å². The summed E-state index contributed by atoms with van der Waals surface area (Å²) in [6.45, 7) is 8.93. The zero-order chi connectivity index (χ0) is 16.2. The van der Waals surface area contributed by atoms with E-state index in [-0.39, 0.29) is 5.41 Å². The predicted octanol–water partition coefficient (Wildman–Crippen LogP) is 5.95. The molecule has 3 aromatic rings. The highest BCUT2D eigenvalue weighted by atomic mass is 14.4. The van der Waals surface area contributed by atoms with Gasteiger partial charge in [-0.3, -0.25) is 0 Å².